The van der Waals surface area contributed by atoms with E-state index in [1.807, 2.05) is 0 Å². The molecular formula is H4Br4FeKO2. The summed E-state index contributed by atoms with van der Waals surface area (Å²) in [6, 6.07) is 0. The Balaban J connectivity index is 0. The molecular weight excluding hydrogens is 447 g/mol. The van der Waals surface area contributed by atoms with Gasteiger partial charge in [0.2, 0.25) is 0 Å². The zero-order valence-electron chi connectivity index (χ0n) is 3.87. The molecule has 0 aromatic rings. The molecule has 0 aliphatic rings. The first-order valence-corrected chi connectivity index (χ1v) is 0. The normalized spacial score (nSPS) is 0. The Morgan fingerprint density at radius 3 is 0.500 bits per heavy atom. The van der Waals surface area contributed by atoms with Crippen LogP contribution in [0.25, 0.3) is 0 Å². The third kappa shape index (κ3) is 50.7. The predicted octanol–water partition coefficient (Wildman–Crippen LogP) is -16.6. The molecule has 8 heteroatoms. The van der Waals surface area contributed by atoms with Gasteiger partial charge in [0.1, 0.15) is 0 Å². The third-order valence-electron chi connectivity index (χ3n) is 0. The standard InChI is InChI=1S/4BrH.Fe.K.2H2O/h4*1H;;;2*1H2/q;;;;+3;+1;;/p-4. The van der Waals surface area contributed by atoms with Crippen LogP contribution in [0, 0.1) is 0 Å². The Morgan fingerprint density at radius 2 is 0.500 bits per heavy atom. The van der Waals surface area contributed by atoms with Crippen LogP contribution in [0.3, 0.4) is 0 Å². The van der Waals surface area contributed by atoms with E-state index in [4.69, 9.17) is 0 Å². The van der Waals surface area contributed by atoms with Crippen molar-refractivity contribution in [2.75, 3.05) is 0 Å². The van der Waals surface area contributed by atoms with Crippen LogP contribution in [0.4, 0.5) is 0 Å². The maximum absolute atomic E-state index is 0. The minimum atomic E-state index is 0. The molecule has 0 spiro atoms. The van der Waals surface area contributed by atoms with E-state index in [2.05, 4.69) is 0 Å². The van der Waals surface area contributed by atoms with Gasteiger partial charge in [-0.2, -0.15) is 0 Å². The van der Waals surface area contributed by atoms with Gasteiger partial charge in [-0.1, -0.05) is 0 Å². The first-order valence-electron chi connectivity index (χ1n) is 0. The fraction of sp³-hybridized carbons (Fsp3) is 0. The fourth-order valence-corrected chi connectivity index (χ4v) is 0. The molecule has 0 heterocycles. The van der Waals surface area contributed by atoms with Crippen molar-refractivity contribution in [3.63, 3.8) is 0 Å². The average Bonchev–Trinajstić information content (AvgIpc) is 0. The smallest absolute Gasteiger partial charge is 1.00 e. The molecule has 0 fully saturated rings. The average molecular weight is 451 g/mol. The van der Waals surface area contributed by atoms with Gasteiger partial charge in [0.25, 0.3) is 0 Å². The van der Waals surface area contributed by atoms with Gasteiger partial charge in [-0.3, -0.25) is 0 Å². The molecule has 0 rings (SSSR count). The summed E-state index contributed by atoms with van der Waals surface area (Å²) in [5.41, 5.74) is 0. The molecule has 0 bridgehead atoms. The Bertz CT molecular complexity index is 14.0. The largest absolute Gasteiger partial charge is 3.00 e. The van der Waals surface area contributed by atoms with Crippen LogP contribution in [-0.4, -0.2) is 11.0 Å². The number of hydrogen-bond donors (Lipinski definition) is 0. The van der Waals surface area contributed by atoms with Gasteiger partial charge >= 0.3 is 68.5 Å². The van der Waals surface area contributed by atoms with E-state index < -0.39 is 0 Å². The van der Waals surface area contributed by atoms with Crippen LogP contribution in [0.15, 0.2) is 0 Å². The van der Waals surface area contributed by atoms with Gasteiger partial charge in [0.05, 0.1) is 0 Å². The molecule has 0 saturated heterocycles. The van der Waals surface area contributed by atoms with E-state index in [1.165, 1.54) is 0 Å². The SMILES string of the molecule is O.O.[Br-].[Br-].[Br-].[Br-].[Fe+3].[K+]. The molecule has 0 saturated carbocycles. The Kier molecular flexibility index (Phi) is 781. The van der Waals surface area contributed by atoms with Gasteiger partial charge in [0.15, 0.2) is 0 Å². The van der Waals surface area contributed by atoms with Gasteiger partial charge in [-0.05, 0) is 0 Å². The first-order chi connectivity index (χ1) is 0. The summed E-state index contributed by atoms with van der Waals surface area (Å²) in [5.74, 6) is 0. The zero-order valence-corrected chi connectivity index (χ0v) is 14.4. The summed E-state index contributed by atoms with van der Waals surface area (Å²) in [4.78, 5) is 0. The summed E-state index contributed by atoms with van der Waals surface area (Å²) in [6.07, 6.45) is 0. The summed E-state index contributed by atoms with van der Waals surface area (Å²) >= 11 is 0. The van der Waals surface area contributed by atoms with Gasteiger partial charge in [-0.25, -0.2) is 0 Å². The molecule has 1 radical (unpaired) electrons. The minimum Gasteiger partial charge on any atom is -1.00 e. The van der Waals surface area contributed by atoms with Crippen molar-refractivity contribution >= 4 is 0 Å². The Morgan fingerprint density at radius 1 is 0.500 bits per heavy atom. The third-order valence-corrected chi connectivity index (χ3v) is 0. The zero-order chi connectivity index (χ0) is 0. The van der Waals surface area contributed by atoms with Crippen molar-refractivity contribution in [1.29, 1.82) is 0 Å². The fourth-order valence-electron chi connectivity index (χ4n) is 0. The van der Waals surface area contributed by atoms with Gasteiger partial charge in [-0.15, -0.1) is 0 Å². The number of rotatable bonds is 0. The molecule has 0 atom stereocenters. The molecule has 0 aliphatic heterocycles. The van der Waals surface area contributed by atoms with Crippen molar-refractivity contribution in [3.05, 3.63) is 0 Å². The number of halogens is 4. The summed E-state index contributed by atoms with van der Waals surface area (Å²) in [6.45, 7) is 0. The molecule has 0 aliphatic carbocycles. The van der Waals surface area contributed by atoms with E-state index in [0.29, 0.717) is 0 Å². The molecule has 8 heavy (non-hydrogen) atoms. The molecule has 0 unspecified atom stereocenters. The van der Waals surface area contributed by atoms with Crippen LogP contribution in [0.1, 0.15) is 0 Å². The maximum Gasteiger partial charge on any atom is 3.00 e. The van der Waals surface area contributed by atoms with Crippen molar-refractivity contribution in [3.8, 4) is 0 Å². The van der Waals surface area contributed by atoms with E-state index in [1.54, 1.807) is 0 Å². The quantitative estimate of drug-likeness (QED) is 0.329. The van der Waals surface area contributed by atoms with Crippen LogP contribution in [-0.2, 0) is 17.1 Å². The molecule has 53 valence electrons. The van der Waals surface area contributed by atoms with Gasteiger partial charge in [0, 0.05) is 0 Å². The summed E-state index contributed by atoms with van der Waals surface area (Å²) < 4.78 is 0. The maximum atomic E-state index is 0. The summed E-state index contributed by atoms with van der Waals surface area (Å²) in [5, 5.41) is 0. The second-order valence-corrected chi connectivity index (χ2v) is 0. The summed E-state index contributed by atoms with van der Waals surface area (Å²) in [7, 11) is 0. The molecule has 4 N–H and O–H groups in total. The Hall–Kier alpha value is 4.00. The van der Waals surface area contributed by atoms with Crippen LogP contribution < -0.4 is 119 Å². The van der Waals surface area contributed by atoms with Crippen molar-refractivity contribution in [1.82, 2.24) is 0 Å². The number of hydrogen-bond acceptors (Lipinski definition) is 0. The molecule has 2 nitrogen and oxygen atoms in total. The second kappa shape index (κ2) is 68.8. The van der Waals surface area contributed by atoms with Gasteiger partial charge < -0.3 is 78.9 Å². The Labute approximate surface area is 144 Å². The van der Waals surface area contributed by atoms with Crippen molar-refractivity contribution in [2.24, 2.45) is 0 Å². The van der Waals surface area contributed by atoms with E-state index in [9.17, 15) is 0 Å². The van der Waals surface area contributed by atoms with Crippen LogP contribution >= 0.6 is 0 Å². The molecule has 0 amide bonds. The van der Waals surface area contributed by atoms with Crippen molar-refractivity contribution < 1.29 is 147 Å². The second-order valence-electron chi connectivity index (χ2n) is 0. The molecule has 0 aromatic heterocycles. The van der Waals surface area contributed by atoms with E-state index in [0.717, 1.165) is 0 Å². The van der Waals surface area contributed by atoms with Crippen LogP contribution in [0.2, 0.25) is 0 Å². The first kappa shape index (κ1) is 90.8. The predicted molar refractivity (Wildman–Crippen MR) is 7.23 cm³/mol. The topological polar surface area (TPSA) is 63.0 Å². The van der Waals surface area contributed by atoms with Crippen molar-refractivity contribution in [2.45, 2.75) is 0 Å². The molecule has 0 aromatic carbocycles. The van der Waals surface area contributed by atoms with E-state index >= 15 is 0 Å². The van der Waals surface area contributed by atoms with Crippen LogP contribution in [0.5, 0.6) is 0 Å². The minimum absolute atomic E-state index is 0. The van der Waals surface area contributed by atoms with E-state index in [-0.39, 0.29) is 147 Å². The monoisotopic (exact) mass is 447 g/mol.